The van der Waals surface area contributed by atoms with Gasteiger partial charge in [-0.05, 0) is 20.0 Å². The molecule has 0 bridgehead atoms. The van der Waals surface area contributed by atoms with Crippen LogP contribution >= 0.6 is 0 Å². The summed E-state index contributed by atoms with van der Waals surface area (Å²) in [7, 11) is 1.82. The van der Waals surface area contributed by atoms with Gasteiger partial charge in [0.05, 0.1) is 19.3 Å². The number of nitrogens with one attached hydrogen (secondary N) is 2. The molecule has 3 N–H and O–H groups in total. The highest BCUT2D eigenvalue weighted by atomic mass is 16.5. The molecule has 1 fully saturated rings. The van der Waals surface area contributed by atoms with Gasteiger partial charge >= 0.3 is 5.97 Å². The number of hydrogen-bond donors (Lipinski definition) is 3. The summed E-state index contributed by atoms with van der Waals surface area (Å²) in [6.07, 6.45) is 1.15. The zero-order chi connectivity index (χ0) is 12.0. The summed E-state index contributed by atoms with van der Waals surface area (Å²) < 4.78 is 5.05. The predicted molar refractivity (Wildman–Crippen MR) is 57.0 cm³/mol. The van der Waals surface area contributed by atoms with Crippen LogP contribution in [0.3, 0.4) is 0 Å². The predicted octanol–water partition coefficient (Wildman–Crippen LogP) is -0.798. The monoisotopic (exact) mass is 230 g/mol. The van der Waals surface area contributed by atoms with Crippen molar-refractivity contribution >= 4 is 11.9 Å². The van der Waals surface area contributed by atoms with E-state index in [9.17, 15) is 9.59 Å². The third kappa shape index (κ3) is 3.79. The van der Waals surface area contributed by atoms with Crippen molar-refractivity contribution in [3.8, 4) is 0 Å². The summed E-state index contributed by atoms with van der Waals surface area (Å²) in [6, 6.07) is -0.389. The first kappa shape index (κ1) is 12.9. The molecule has 0 saturated carbocycles. The number of carboxylic acids is 1. The molecule has 6 nitrogen and oxygen atoms in total. The van der Waals surface area contributed by atoms with Crippen LogP contribution < -0.4 is 10.6 Å². The minimum absolute atomic E-state index is 0.114. The Bertz CT molecular complexity index is 257. The molecule has 1 saturated heterocycles. The molecule has 6 heteroatoms. The molecule has 92 valence electrons. The van der Waals surface area contributed by atoms with E-state index >= 15 is 0 Å². The smallest absolute Gasteiger partial charge is 0.311 e. The Balaban J connectivity index is 2.30. The Morgan fingerprint density at radius 1 is 1.44 bits per heavy atom. The van der Waals surface area contributed by atoms with E-state index in [1.807, 2.05) is 7.05 Å². The number of amides is 1. The fourth-order valence-corrected chi connectivity index (χ4v) is 1.64. The molecule has 0 aromatic carbocycles. The van der Waals surface area contributed by atoms with Crippen molar-refractivity contribution in [2.75, 3.05) is 26.8 Å². The molecule has 1 aliphatic rings. The molecule has 0 spiro atoms. The molecule has 16 heavy (non-hydrogen) atoms. The van der Waals surface area contributed by atoms with Gasteiger partial charge in [-0.2, -0.15) is 0 Å². The van der Waals surface area contributed by atoms with Gasteiger partial charge in [0.25, 0.3) is 0 Å². The van der Waals surface area contributed by atoms with Crippen LogP contribution in [0.1, 0.15) is 12.8 Å². The van der Waals surface area contributed by atoms with Crippen LogP contribution in [-0.4, -0.2) is 49.8 Å². The molecule has 1 heterocycles. The fraction of sp³-hybridized carbons (Fsp3) is 0.800. The van der Waals surface area contributed by atoms with Crippen LogP contribution in [0.25, 0.3) is 0 Å². The van der Waals surface area contributed by atoms with E-state index in [0.29, 0.717) is 6.42 Å². The zero-order valence-corrected chi connectivity index (χ0v) is 9.36. The number of carbonyl (C=O) groups excluding carboxylic acids is 1. The fourth-order valence-electron chi connectivity index (χ4n) is 1.64. The second kappa shape index (κ2) is 6.44. The number of carbonyl (C=O) groups is 2. The van der Waals surface area contributed by atoms with Crippen LogP contribution in [0, 0.1) is 5.92 Å². The summed E-state index contributed by atoms with van der Waals surface area (Å²) in [6.45, 7) is 1.24. The van der Waals surface area contributed by atoms with Crippen molar-refractivity contribution in [1.29, 1.82) is 0 Å². The molecule has 0 radical (unpaired) electrons. The second-order valence-corrected chi connectivity index (χ2v) is 3.86. The standard InChI is InChI=1S/C10H18N2O4/c1-11-4-2-3-9(13)12-8-6-16-5-7(8)10(14)15/h7-8,11H,2-6H2,1H3,(H,12,13)(H,14,15). The van der Waals surface area contributed by atoms with Gasteiger partial charge in [-0.25, -0.2) is 0 Å². The lowest BCUT2D eigenvalue weighted by Gasteiger charge is -2.15. The minimum Gasteiger partial charge on any atom is -0.481 e. The van der Waals surface area contributed by atoms with Gasteiger partial charge in [0.1, 0.15) is 5.92 Å². The SMILES string of the molecule is CNCCCC(=O)NC1COCC1C(=O)O. The van der Waals surface area contributed by atoms with Crippen molar-refractivity contribution in [3.63, 3.8) is 0 Å². The van der Waals surface area contributed by atoms with E-state index in [1.54, 1.807) is 0 Å². The summed E-state index contributed by atoms with van der Waals surface area (Å²) in [5, 5.41) is 14.5. The molecule has 1 amide bonds. The van der Waals surface area contributed by atoms with E-state index in [1.165, 1.54) is 0 Å². The third-order valence-corrected chi connectivity index (χ3v) is 2.57. The van der Waals surface area contributed by atoms with Crippen molar-refractivity contribution in [1.82, 2.24) is 10.6 Å². The molecule has 1 rings (SSSR count). The molecule has 0 aromatic heterocycles. The first-order valence-electron chi connectivity index (χ1n) is 5.39. The van der Waals surface area contributed by atoms with E-state index in [0.717, 1.165) is 13.0 Å². The van der Waals surface area contributed by atoms with E-state index < -0.39 is 11.9 Å². The summed E-state index contributed by atoms with van der Waals surface area (Å²) in [4.78, 5) is 22.3. The summed E-state index contributed by atoms with van der Waals surface area (Å²) in [5.74, 6) is -1.65. The Morgan fingerprint density at radius 2 is 2.19 bits per heavy atom. The first-order chi connectivity index (χ1) is 7.65. The van der Waals surface area contributed by atoms with Gasteiger partial charge in [-0.3, -0.25) is 9.59 Å². The Hall–Kier alpha value is -1.14. The molecule has 0 aliphatic carbocycles. The molecule has 2 atom stereocenters. The van der Waals surface area contributed by atoms with Gasteiger partial charge < -0.3 is 20.5 Å². The molecule has 2 unspecified atom stereocenters. The van der Waals surface area contributed by atoms with Crippen molar-refractivity contribution in [2.24, 2.45) is 5.92 Å². The number of aliphatic carboxylic acids is 1. The Kier molecular flexibility index (Phi) is 5.21. The molecular weight excluding hydrogens is 212 g/mol. The Labute approximate surface area is 94.3 Å². The number of hydrogen-bond acceptors (Lipinski definition) is 4. The topological polar surface area (TPSA) is 87.7 Å². The number of ether oxygens (including phenoxy) is 1. The van der Waals surface area contributed by atoms with Gasteiger partial charge in [0.15, 0.2) is 0 Å². The lowest BCUT2D eigenvalue weighted by atomic mass is 10.0. The number of carboxylic acid groups (broad SMARTS) is 1. The highest BCUT2D eigenvalue weighted by Gasteiger charge is 2.34. The lowest BCUT2D eigenvalue weighted by Crippen LogP contribution is -2.42. The number of rotatable bonds is 6. The van der Waals surface area contributed by atoms with Crippen LogP contribution in [0.5, 0.6) is 0 Å². The molecule has 0 aromatic rings. The quantitative estimate of drug-likeness (QED) is 0.520. The second-order valence-electron chi connectivity index (χ2n) is 3.86. The molecular formula is C10H18N2O4. The van der Waals surface area contributed by atoms with Gasteiger partial charge in [-0.15, -0.1) is 0 Å². The van der Waals surface area contributed by atoms with Gasteiger partial charge in [0, 0.05) is 6.42 Å². The summed E-state index contributed by atoms with van der Waals surface area (Å²) >= 11 is 0. The first-order valence-corrected chi connectivity index (χ1v) is 5.39. The average molecular weight is 230 g/mol. The van der Waals surface area contributed by atoms with E-state index in [-0.39, 0.29) is 25.2 Å². The van der Waals surface area contributed by atoms with Crippen LogP contribution in [0.15, 0.2) is 0 Å². The molecule has 1 aliphatic heterocycles. The van der Waals surface area contributed by atoms with E-state index in [4.69, 9.17) is 9.84 Å². The minimum atomic E-state index is -0.918. The van der Waals surface area contributed by atoms with Crippen LogP contribution in [0.2, 0.25) is 0 Å². The Morgan fingerprint density at radius 3 is 2.81 bits per heavy atom. The highest BCUT2D eigenvalue weighted by Crippen LogP contribution is 2.13. The van der Waals surface area contributed by atoms with Crippen molar-refractivity contribution in [3.05, 3.63) is 0 Å². The van der Waals surface area contributed by atoms with Crippen molar-refractivity contribution < 1.29 is 19.4 Å². The maximum atomic E-state index is 11.5. The van der Waals surface area contributed by atoms with Gasteiger partial charge in [-0.1, -0.05) is 0 Å². The summed E-state index contributed by atoms with van der Waals surface area (Å²) in [5.41, 5.74) is 0. The van der Waals surface area contributed by atoms with Crippen molar-refractivity contribution in [2.45, 2.75) is 18.9 Å². The maximum Gasteiger partial charge on any atom is 0.311 e. The maximum absolute atomic E-state index is 11.5. The van der Waals surface area contributed by atoms with E-state index in [2.05, 4.69) is 10.6 Å². The lowest BCUT2D eigenvalue weighted by molar-refractivity contribution is -0.142. The van der Waals surface area contributed by atoms with Crippen LogP contribution in [0.4, 0.5) is 0 Å². The third-order valence-electron chi connectivity index (χ3n) is 2.57. The zero-order valence-electron chi connectivity index (χ0n) is 9.36. The average Bonchev–Trinajstić information content (AvgIpc) is 2.66. The van der Waals surface area contributed by atoms with Gasteiger partial charge in [0.2, 0.25) is 5.91 Å². The largest absolute Gasteiger partial charge is 0.481 e. The van der Waals surface area contributed by atoms with Crippen LogP contribution in [-0.2, 0) is 14.3 Å². The highest BCUT2D eigenvalue weighted by molar-refractivity contribution is 5.78. The normalized spacial score (nSPS) is 24.3.